The maximum atomic E-state index is 12.6. The molecule has 2 amide bonds. The zero-order chi connectivity index (χ0) is 17.6. The van der Waals surface area contributed by atoms with E-state index in [4.69, 9.17) is 4.74 Å². The fourth-order valence-corrected chi connectivity index (χ4v) is 2.90. The summed E-state index contributed by atoms with van der Waals surface area (Å²) < 4.78 is 5.43. The molecule has 0 spiro atoms. The van der Waals surface area contributed by atoms with Gasteiger partial charge in [0.25, 0.3) is 0 Å². The Labute approximate surface area is 148 Å². The third-order valence-corrected chi connectivity index (χ3v) is 4.38. The number of hydrogen-bond acceptors (Lipinski definition) is 3. The minimum atomic E-state index is -0.162. The van der Waals surface area contributed by atoms with E-state index in [1.807, 2.05) is 24.3 Å². The molecule has 0 radical (unpaired) electrons. The lowest BCUT2D eigenvalue weighted by Crippen LogP contribution is -2.39. The van der Waals surface area contributed by atoms with Crippen molar-refractivity contribution in [2.45, 2.75) is 6.92 Å². The van der Waals surface area contributed by atoms with Crippen LogP contribution in [0.3, 0.4) is 0 Å². The van der Waals surface area contributed by atoms with Gasteiger partial charge in [-0.05, 0) is 30.2 Å². The highest BCUT2D eigenvalue weighted by atomic mass is 16.5. The number of carbonyl (C=O) groups excluding carboxylic acids is 1. The summed E-state index contributed by atoms with van der Waals surface area (Å²) >= 11 is 0. The van der Waals surface area contributed by atoms with E-state index in [1.54, 1.807) is 4.90 Å². The first kappa shape index (κ1) is 17.5. The van der Waals surface area contributed by atoms with Crippen molar-refractivity contribution in [3.63, 3.8) is 0 Å². The maximum absolute atomic E-state index is 12.6. The number of amides is 2. The average Bonchev–Trinajstić information content (AvgIpc) is 2.88. The average molecular weight is 340 g/mol. The van der Waals surface area contributed by atoms with Crippen molar-refractivity contribution < 1.29 is 14.6 Å². The SMILES string of the molecule is Cc1ccc(-c2cccc(NC(=O)N3CCOCC(CO)C3)c2)cc1. The van der Waals surface area contributed by atoms with Gasteiger partial charge in [-0.1, -0.05) is 42.0 Å². The fraction of sp³-hybridized carbons (Fsp3) is 0.350. The van der Waals surface area contributed by atoms with Crippen molar-refractivity contribution in [2.24, 2.45) is 5.92 Å². The van der Waals surface area contributed by atoms with Gasteiger partial charge in [0.15, 0.2) is 0 Å². The molecule has 0 saturated carbocycles. The van der Waals surface area contributed by atoms with E-state index in [9.17, 15) is 9.90 Å². The van der Waals surface area contributed by atoms with Crippen LogP contribution in [0.4, 0.5) is 10.5 Å². The van der Waals surface area contributed by atoms with Crippen LogP contribution in [-0.2, 0) is 4.74 Å². The number of anilines is 1. The number of benzene rings is 2. The van der Waals surface area contributed by atoms with E-state index in [1.165, 1.54) is 5.56 Å². The second kappa shape index (κ2) is 8.14. The lowest BCUT2D eigenvalue weighted by atomic mass is 10.0. The summed E-state index contributed by atoms with van der Waals surface area (Å²) in [5, 5.41) is 12.3. The smallest absolute Gasteiger partial charge is 0.321 e. The molecule has 5 heteroatoms. The Morgan fingerprint density at radius 2 is 2.04 bits per heavy atom. The van der Waals surface area contributed by atoms with Crippen LogP contribution in [0.5, 0.6) is 0 Å². The first-order chi connectivity index (χ1) is 12.2. The van der Waals surface area contributed by atoms with Crippen LogP contribution in [0.1, 0.15) is 5.56 Å². The van der Waals surface area contributed by atoms with Gasteiger partial charge >= 0.3 is 6.03 Å². The van der Waals surface area contributed by atoms with Crippen LogP contribution >= 0.6 is 0 Å². The van der Waals surface area contributed by atoms with Crippen molar-refractivity contribution in [1.29, 1.82) is 0 Å². The number of aliphatic hydroxyl groups excluding tert-OH is 1. The Kier molecular flexibility index (Phi) is 5.68. The van der Waals surface area contributed by atoms with Crippen molar-refractivity contribution in [2.75, 3.05) is 38.2 Å². The van der Waals surface area contributed by atoms with Crippen LogP contribution < -0.4 is 5.32 Å². The molecule has 1 saturated heterocycles. The molecular weight excluding hydrogens is 316 g/mol. The number of aryl methyl sites for hydroxylation is 1. The first-order valence-corrected chi connectivity index (χ1v) is 8.57. The molecule has 0 aliphatic carbocycles. The highest BCUT2D eigenvalue weighted by Gasteiger charge is 2.22. The molecule has 5 nitrogen and oxygen atoms in total. The minimum absolute atomic E-state index is 0.0205. The van der Waals surface area contributed by atoms with Crippen molar-refractivity contribution in [1.82, 2.24) is 4.90 Å². The van der Waals surface area contributed by atoms with Gasteiger partial charge in [-0.2, -0.15) is 0 Å². The fourth-order valence-electron chi connectivity index (χ4n) is 2.90. The molecule has 2 N–H and O–H groups in total. The summed E-state index contributed by atoms with van der Waals surface area (Å²) in [6, 6.07) is 16.0. The Bertz CT molecular complexity index is 715. The van der Waals surface area contributed by atoms with Gasteiger partial charge in [-0.15, -0.1) is 0 Å². The lowest BCUT2D eigenvalue weighted by Gasteiger charge is -2.23. The molecule has 0 aromatic heterocycles. The number of ether oxygens (including phenoxy) is 1. The molecule has 1 aliphatic rings. The second-order valence-electron chi connectivity index (χ2n) is 6.45. The van der Waals surface area contributed by atoms with Crippen LogP contribution in [0.15, 0.2) is 48.5 Å². The standard InChI is InChI=1S/C20H24N2O3/c1-15-5-7-17(8-6-15)18-3-2-4-19(11-18)21-20(24)22-9-10-25-14-16(12-22)13-23/h2-8,11,16,23H,9-10,12-14H2,1H3,(H,21,24). The maximum Gasteiger partial charge on any atom is 0.321 e. The zero-order valence-electron chi connectivity index (χ0n) is 14.4. The molecule has 1 fully saturated rings. The van der Waals surface area contributed by atoms with E-state index in [-0.39, 0.29) is 18.6 Å². The largest absolute Gasteiger partial charge is 0.396 e. The predicted octanol–water partition coefficient (Wildman–Crippen LogP) is 3.13. The summed E-state index contributed by atoms with van der Waals surface area (Å²) in [6.07, 6.45) is 0. The number of carbonyl (C=O) groups is 1. The predicted molar refractivity (Wildman–Crippen MR) is 98.6 cm³/mol. The van der Waals surface area contributed by atoms with Gasteiger partial charge in [-0.3, -0.25) is 0 Å². The van der Waals surface area contributed by atoms with Crippen LogP contribution in [-0.4, -0.2) is 48.9 Å². The van der Waals surface area contributed by atoms with E-state index in [2.05, 4.69) is 36.5 Å². The Hall–Kier alpha value is -2.37. The Morgan fingerprint density at radius 3 is 2.80 bits per heavy atom. The summed E-state index contributed by atoms with van der Waals surface area (Å²) in [5.41, 5.74) is 4.15. The molecule has 3 rings (SSSR count). The number of nitrogens with zero attached hydrogens (tertiary/aromatic N) is 1. The molecule has 2 aromatic rings. The number of nitrogens with one attached hydrogen (secondary N) is 1. The zero-order valence-corrected chi connectivity index (χ0v) is 14.4. The number of rotatable bonds is 3. The third-order valence-electron chi connectivity index (χ3n) is 4.38. The lowest BCUT2D eigenvalue weighted by molar-refractivity contribution is 0.0958. The molecule has 132 valence electrons. The Morgan fingerprint density at radius 1 is 1.24 bits per heavy atom. The second-order valence-corrected chi connectivity index (χ2v) is 6.45. The highest BCUT2D eigenvalue weighted by molar-refractivity contribution is 5.90. The molecule has 25 heavy (non-hydrogen) atoms. The minimum Gasteiger partial charge on any atom is -0.396 e. The highest BCUT2D eigenvalue weighted by Crippen LogP contribution is 2.23. The third kappa shape index (κ3) is 4.59. The van der Waals surface area contributed by atoms with Gasteiger partial charge in [0, 0.05) is 31.3 Å². The molecule has 0 bridgehead atoms. The van der Waals surface area contributed by atoms with Crippen molar-refractivity contribution in [3.8, 4) is 11.1 Å². The Balaban J connectivity index is 1.71. The summed E-state index contributed by atoms with van der Waals surface area (Å²) in [5.74, 6) is -0.0351. The van der Waals surface area contributed by atoms with Gasteiger partial charge in [-0.25, -0.2) is 4.79 Å². The quantitative estimate of drug-likeness (QED) is 0.902. The van der Waals surface area contributed by atoms with Crippen LogP contribution in [0.25, 0.3) is 11.1 Å². The van der Waals surface area contributed by atoms with E-state index in [0.717, 1.165) is 16.8 Å². The van der Waals surface area contributed by atoms with E-state index >= 15 is 0 Å². The molecule has 1 aliphatic heterocycles. The van der Waals surface area contributed by atoms with E-state index in [0.29, 0.717) is 26.3 Å². The van der Waals surface area contributed by atoms with Gasteiger partial charge in [0.2, 0.25) is 0 Å². The van der Waals surface area contributed by atoms with Crippen molar-refractivity contribution in [3.05, 3.63) is 54.1 Å². The van der Waals surface area contributed by atoms with Gasteiger partial charge in [0.1, 0.15) is 0 Å². The van der Waals surface area contributed by atoms with Crippen LogP contribution in [0.2, 0.25) is 0 Å². The monoisotopic (exact) mass is 340 g/mol. The number of aliphatic hydroxyl groups is 1. The number of hydrogen-bond donors (Lipinski definition) is 2. The molecule has 1 heterocycles. The summed E-state index contributed by atoms with van der Waals surface area (Å²) in [7, 11) is 0. The normalized spacial score (nSPS) is 17.8. The van der Waals surface area contributed by atoms with Crippen LogP contribution in [0, 0.1) is 12.8 Å². The molecule has 2 aromatic carbocycles. The molecular formula is C20H24N2O3. The number of urea groups is 1. The summed E-state index contributed by atoms with van der Waals surface area (Å²) in [6.45, 7) is 4.09. The van der Waals surface area contributed by atoms with Gasteiger partial charge < -0.3 is 20.1 Å². The molecule has 1 unspecified atom stereocenters. The molecule has 1 atom stereocenters. The van der Waals surface area contributed by atoms with Crippen molar-refractivity contribution >= 4 is 11.7 Å². The topological polar surface area (TPSA) is 61.8 Å². The van der Waals surface area contributed by atoms with Gasteiger partial charge in [0.05, 0.1) is 13.2 Å². The van der Waals surface area contributed by atoms with E-state index < -0.39 is 0 Å². The first-order valence-electron chi connectivity index (χ1n) is 8.57. The summed E-state index contributed by atoms with van der Waals surface area (Å²) in [4.78, 5) is 14.3.